The molecule has 0 bridgehead atoms. The van der Waals surface area contributed by atoms with Crippen molar-refractivity contribution in [3.63, 3.8) is 0 Å². The predicted octanol–water partition coefficient (Wildman–Crippen LogP) is 10.8. The van der Waals surface area contributed by atoms with Gasteiger partial charge < -0.3 is 0 Å². The van der Waals surface area contributed by atoms with Crippen LogP contribution in [0, 0.1) is 0 Å². The largest absolute Gasteiger partial charge is 0.0587 e. The Balaban J connectivity index is 2.14. The molecular formula is C35H42. The molecule has 182 valence electrons. The van der Waals surface area contributed by atoms with Crippen molar-refractivity contribution < 1.29 is 0 Å². The summed E-state index contributed by atoms with van der Waals surface area (Å²) in [6.45, 7) is 25.7. The molecule has 0 saturated carbocycles. The lowest BCUT2D eigenvalue weighted by molar-refractivity contribution is 0.588. The second-order valence-corrected chi connectivity index (χ2v) is 14.2. The minimum absolute atomic E-state index is 0.0783. The number of hydrogen-bond acceptors (Lipinski definition) is 0. The summed E-state index contributed by atoms with van der Waals surface area (Å²) in [5, 5.41) is 11.3. The molecule has 0 aliphatic heterocycles. The minimum atomic E-state index is 0.0783. The molecule has 0 saturated heterocycles. The fraction of sp³-hybridized carbons (Fsp3) is 0.429. The van der Waals surface area contributed by atoms with E-state index in [1.54, 1.807) is 0 Å². The topological polar surface area (TPSA) is 0 Å². The van der Waals surface area contributed by atoms with Gasteiger partial charge in [0.15, 0.2) is 0 Å². The molecule has 5 aromatic carbocycles. The van der Waals surface area contributed by atoms with Gasteiger partial charge in [-0.05, 0) is 99.6 Å². The third-order valence-corrected chi connectivity index (χ3v) is 7.97. The molecule has 0 N–H and O–H groups in total. The molecule has 0 aromatic heterocycles. The molecule has 5 aromatic rings. The van der Waals surface area contributed by atoms with Crippen molar-refractivity contribution in [2.24, 2.45) is 0 Å². The second-order valence-electron chi connectivity index (χ2n) is 14.2. The normalized spacial score (nSPS) is 13.8. The monoisotopic (exact) mass is 462 g/mol. The van der Waals surface area contributed by atoms with Gasteiger partial charge in [0.05, 0.1) is 0 Å². The van der Waals surface area contributed by atoms with Crippen LogP contribution in [0.1, 0.15) is 104 Å². The molecule has 0 atom stereocenters. The van der Waals surface area contributed by atoms with Crippen LogP contribution in [0.15, 0.2) is 48.5 Å². The molecule has 5 rings (SSSR count). The molecule has 0 heteroatoms. The highest BCUT2D eigenvalue weighted by molar-refractivity contribution is 6.33. The molecule has 0 fully saturated rings. The van der Waals surface area contributed by atoms with Crippen molar-refractivity contribution in [2.45, 2.75) is 98.3 Å². The maximum atomic E-state index is 2.50. The fourth-order valence-corrected chi connectivity index (χ4v) is 5.74. The Morgan fingerprint density at radius 1 is 0.486 bits per heavy atom. The van der Waals surface area contributed by atoms with E-state index in [0.717, 1.165) is 0 Å². The molecule has 0 nitrogen and oxygen atoms in total. The zero-order valence-electron chi connectivity index (χ0n) is 23.7. The maximum absolute atomic E-state index is 2.50. The van der Waals surface area contributed by atoms with Crippen molar-refractivity contribution in [3.05, 3.63) is 70.8 Å². The van der Waals surface area contributed by atoms with Crippen LogP contribution in [0.5, 0.6) is 0 Å². The van der Waals surface area contributed by atoms with Gasteiger partial charge in [-0.1, -0.05) is 113 Å². The van der Waals surface area contributed by atoms with Gasteiger partial charge in [-0.2, -0.15) is 0 Å². The highest BCUT2D eigenvalue weighted by Crippen LogP contribution is 2.46. The Morgan fingerprint density at radius 3 is 1.54 bits per heavy atom. The Labute approximate surface area is 212 Å². The molecule has 0 radical (unpaired) electrons. The number of rotatable bonds is 1. The molecule has 0 spiro atoms. The highest BCUT2D eigenvalue weighted by Gasteiger charge is 2.25. The van der Waals surface area contributed by atoms with Gasteiger partial charge in [0.2, 0.25) is 0 Å². The van der Waals surface area contributed by atoms with E-state index in [4.69, 9.17) is 0 Å². The number of hydrogen-bond donors (Lipinski definition) is 0. The van der Waals surface area contributed by atoms with Crippen LogP contribution in [0.4, 0.5) is 0 Å². The van der Waals surface area contributed by atoms with Gasteiger partial charge in [-0.15, -0.1) is 0 Å². The standard InChI is InChI=1S/C35H42/c1-20(2)21-14-22-15-23(33(3,4)5)17-27-28-18-24(34(6,7)8)19-29-30(35(9,10)11)13-12-25(32(28)29)26(16-21)31(22)27/h12-20H,1-11H3. The number of benzene rings is 5. The van der Waals surface area contributed by atoms with Crippen LogP contribution in [0.3, 0.4) is 0 Å². The van der Waals surface area contributed by atoms with E-state index in [1.807, 2.05) is 0 Å². The lowest BCUT2D eigenvalue weighted by Gasteiger charge is -2.28. The first-order valence-corrected chi connectivity index (χ1v) is 13.3. The summed E-state index contributed by atoms with van der Waals surface area (Å²) in [5.74, 6) is 0.492. The third-order valence-electron chi connectivity index (χ3n) is 7.97. The summed E-state index contributed by atoms with van der Waals surface area (Å²) in [7, 11) is 0. The first-order chi connectivity index (χ1) is 16.1. The van der Waals surface area contributed by atoms with Gasteiger partial charge in [-0.3, -0.25) is 0 Å². The summed E-state index contributed by atoms with van der Waals surface area (Å²) in [4.78, 5) is 0. The quantitative estimate of drug-likeness (QED) is 0.172. The fourth-order valence-electron chi connectivity index (χ4n) is 5.74. The molecule has 0 amide bonds. The maximum Gasteiger partial charge on any atom is -0.00232 e. The molecule has 0 aliphatic rings. The third kappa shape index (κ3) is 3.81. The molecule has 0 aliphatic carbocycles. The van der Waals surface area contributed by atoms with Crippen molar-refractivity contribution in [1.29, 1.82) is 0 Å². The van der Waals surface area contributed by atoms with Crippen LogP contribution < -0.4 is 0 Å². The molecule has 35 heavy (non-hydrogen) atoms. The lowest BCUT2D eigenvalue weighted by atomic mass is 9.76. The van der Waals surface area contributed by atoms with Crippen LogP contribution >= 0.6 is 0 Å². The van der Waals surface area contributed by atoms with Crippen LogP contribution in [0.25, 0.3) is 43.1 Å². The van der Waals surface area contributed by atoms with E-state index in [1.165, 1.54) is 65.3 Å². The van der Waals surface area contributed by atoms with E-state index in [9.17, 15) is 0 Å². The van der Waals surface area contributed by atoms with E-state index in [0.29, 0.717) is 5.92 Å². The van der Waals surface area contributed by atoms with Crippen molar-refractivity contribution in [2.75, 3.05) is 0 Å². The van der Waals surface area contributed by atoms with Gasteiger partial charge in [0, 0.05) is 0 Å². The Kier molecular flexibility index (Phi) is 5.13. The minimum Gasteiger partial charge on any atom is -0.0587 e. The summed E-state index contributed by atoms with van der Waals surface area (Å²) in [6.07, 6.45) is 0. The molecule has 0 heterocycles. The van der Waals surface area contributed by atoms with Crippen molar-refractivity contribution in [1.82, 2.24) is 0 Å². The SMILES string of the molecule is CC(C)c1cc2cc(C(C)(C)C)cc3c4cc(C(C)(C)C)cc5c(C(C)(C)C)ccc(c(c1)c23)c54. The first kappa shape index (κ1) is 24.1. The molecular weight excluding hydrogens is 420 g/mol. The predicted molar refractivity (Wildman–Crippen MR) is 158 cm³/mol. The number of fused-ring (bicyclic) bond motifs is 2. The van der Waals surface area contributed by atoms with Crippen LogP contribution in [-0.4, -0.2) is 0 Å². The Hall–Kier alpha value is -2.60. The van der Waals surface area contributed by atoms with E-state index < -0.39 is 0 Å². The smallest absolute Gasteiger partial charge is 0.00232 e. The van der Waals surface area contributed by atoms with E-state index >= 15 is 0 Å². The van der Waals surface area contributed by atoms with Crippen LogP contribution in [-0.2, 0) is 16.2 Å². The average Bonchev–Trinajstić information content (AvgIpc) is 2.73. The van der Waals surface area contributed by atoms with Gasteiger partial charge in [-0.25, -0.2) is 0 Å². The summed E-state index contributed by atoms with van der Waals surface area (Å²) < 4.78 is 0. The van der Waals surface area contributed by atoms with Gasteiger partial charge >= 0.3 is 0 Å². The van der Waals surface area contributed by atoms with Crippen molar-refractivity contribution in [3.8, 4) is 0 Å². The van der Waals surface area contributed by atoms with Gasteiger partial charge in [0.1, 0.15) is 0 Å². The Bertz CT molecular complexity index is 1590. The van der Waals surface area contributed by atoms with Crippen molar-refractivity contribution >= 4 is 43.1 Å². The second kappa shape index (κ2) is 7.45. The molecule has 0 unspecified atom stereocenters. The average molecular weight is 463 g/mol. The van der Waals surface area contributed by atoms with E-state index in [2.05, 4.69) is 125 Å². The van der Waals surface area contributed by atoms with E-state index in [-0.39, 0.29) is 16.2 Å². The summed E-state index contributed by atoms with van der Waals surface area (Å²) in [6, 6.07) is 19.7. The van der Waals surface area contributed by atoms with Gasteiger partial charge in [0.25, 0.3) is 0 Å². The Morgan fingerprint density at radius 2 is 1.00 bits per heavy atom. The summed E-state index contributed by atoms with van der Waals surface area (Å²) >= 11 is 0. The zero-order valence-corrected chi connectivity index (χ0v) is 23.7. The lowest BCUT2D eigenvalue weighted by Crippen LogP contribution is -2.14. The highest BCUT2D eigenvalue weighted by atomic mass is 14.3. The first-order valence-electron chi connectivity index (χ1n) is 13.3. The summed E-state index contributed by atoms with van der Waals surface area (Å²) in [5.41, 5.74) is 5.94. The zero-order chi connectivity index (χ0) is 25.7. The van der Waals surface area contributed by atoms with Crippen LogP contribution in [0.2, 0.25) is 0 Å².